The number of aromatic nitrogens is 2. The molecule has 5 nitrogen and oxygen atoms in total. The van der Waals surface area contributed by atoms with E-state index in [9.17, 15) is 8.42 Å². The highest BCUT2D eigenvalue weighted by atomic mass is 35.5. The van der Waals surface area contributed by atoms with Gasteiger partial charge in [-0.3, -0.25) is 9.82 Å². The summed E-state index contributed by atoms with van der Waals surface area (Å²) in [5, 5.41) is 6.05. The summed E-state index contributed by atoms with van der Waals surface area (Å²) in [5.74, 6) is 0.335. The van der Waals surface area contributed by atoms with Crippen molar-refractivity contribution in [1.29, 1.82) is 0 Å². The first-order valence-electron chi connectivity index (χ1n) is 4.78. The van der Waals surface area contributed by atoms with Crippen molar-refractivity contribution in [1.82, 2.24) is 10.2 Å². The molecule has 0 saturated carbocycles. The molecule has 0 aliphatic heterocycles. The fraction of sp³-hybridized carbons (Fsp3) is 0.100. The molecule has 0 atom stereocenters. The number of rotatable bonds is 4. The van der Waals surface area contributed by atoms with Crippen molar-refractivity contribution in [2.24, 2.45) is 0 Å². The van der Waals surface area contributed by atoms with Crippen molar-refractivity contribution in [2.75, 3.05) is 4.72 Å². The number of anilines is 1. The monoisotopic (exact) mass is 271 g/mol. The van der Waals surface area contributed by atoms with Crippen molar-refractivity contribution in [2.45, 2.75) is 10.8 Å². The number of aromatic amines is 1. The van der Waals surface area contributed by atoms with Crippen LogP contribution >= 0.6 is 11.6 Å². The smallest absolute Gasteiger partial charge is 0.265 e. The van der Waals surface area contributed by atoms with Gasteiger partial charge in [-0.15, -0.1) is 11.6 Å². The molecule has 1 aromatic carbocycles. The van der Waals surface area contributed by atoms with Gasteiger partial charge in [-0.2, -0.15) is 5.10 Å². The molecule has 1 heterocycles. The van der Waals surface area contributed by atoms with E-state index in [1.165, 1.54) is 12.4 Å². The predicted octanol–water partition coefficient (Wildman–Crippen LogP) is 1.95. The largest absolute Gasteiger partial charge is 0.284 e. The topological polar surface area (TPSA) is 74.8 Å². The summed E-state index contributed by atoms with van der Waals surface area (Å²) >= 11 is 5.68. The maximum Gasteiger partial charge on any atom is 0.265 e. The zero-order chi connectivity index (χ0) is 12.3. The fourth-order valence-electron chi connectivity index (χ4n) is 1.32. The molecule has 2 N–H and O–H groups in total. The van der Waals surface area contributed by atoms with E-state index in [-0.39, 0.29) is 4.90 Å². The Hall–Kier alpha value is -1.53. The van der Waals surface area contributed by atoms with Gasteiger partial charge in [0.05, 0.1) is 6.20 Å². The number of nitrogens with one attached hydrogen (secondary N) is 2. The van der Waals surface area contributed by atoms with Crippen molar-refractivity contribution < 1.29 is 8.42 Å². The van der Waals surface area contributed by atoms with Gasteiger partial charge in [0.15, 0.2) is 0 Å². The predicted molar refractivity (Wildman–Crippen MR) is 65.4 cm³/mol. The van der Waals surface area contributed by atoms with E-state index in [0.717, 1.165) is 5.56 Å². The minimum atomic E-state index is -3.58. The molecule has 0 saturated heterocycles. The van der Waals surface area contributed by atoms with Crippen LogP contribution in [0.3, 0.4) is 0 Å². The lowest BCUT2D eigenvalue weighted by atomic mass is 10.2. The van der Waals surface area contributed by atoms with Gasteiger partial charge < -0.3 is 0 Å². The highest BCUT2D eigenvalue weighted by Gasteiger charge is 2.15. The number of halogens is 1. The average Bonchev–Trinajstić information content (AvgIpc) is 2.83. The molecule has 0 aliphatic rings. The quantitative estimate of drug-likeness (QED) is 0.835. The van der Waals surface area contributed by atoms with Crippen LogP contribution in [0.5, 0.6) is 0 Å². The third-order valence-electron chi connectivity index (χ3n) is 2.12. The number of sulfonamides is 1. The van der Waals surface area contributed by atoms with Crippen molar-refractivity contribution in [3.63, 3.8) is 0 Å². The summed E-state index contributed by atoms with van der Waals surface area (Å²) < 4.78 is 26.2. The van der Waals surface area contributed by atoms with E-state index in [2.05, 4.69) is 14.9 Å². The van der Waals surface area contributed by atoms with Crippen LogP contribution in [-0.4, -0.2) is 18.6 Å². The molecule has 90 valence electrons. The third kappa shape index (κ3) is 2.78. The minimum Gasteiger partial charge on any atom is -0.284 e. The maximum absolute atomic E-state index is 11.9. The van der Waals surface area contributed by atoms with Crippen LogP contribution in [0, 0.1) is 0 Å². The summed E-state index contributed by atoms with van der Waals surface area (Å²) in [6.45, 7) is 0. The summed E-state index contributed by atoms with van der Waals surface area (Å²) in [6, 6.07) is 6.91. The SMILES string of the molecule is O=S(=O)(Nc1cccc(CCl)c1)c1cn[nH]c1. The van der Waals surface area contributed by atoms with Crippen LogP contribution in [0.15, 0.2) is 41.6 Å². The van der Waals surface area contributed by atoms with E-state index < -0.39 is 10.0 Å². The number of hydrogen-bond donors (Lipinski definition) is 2. The highest BCUT2D eigenvalue weighted by Crippen LogP contribution is 2.17. The van der Waals surface area contributed by atoms with Gasteiger partial charge in [-0.25, -0.2) is 8.42 Å². The Morgan fingerprint density at radius 3 is 2.88 bits per heavy atom. The summed E-state index contributed by atoms with van der Waals surface area (Å²) in [5.41, 5.74) is 1.32. The molecule has 0 amide bonds. The Kier molecular flexibility index (Phi) is 3.35. The van der Waals surface area contributed by atoms with Gasteiger partial charge in [0, 0.05) is 17.8 Å². The lowest BCUT2D eigenvalue weighted by Crippen LogP contribution is -2.12. The van der Waals surface area contributed by atoms with Crippen LogP contribution in [-0.2, 0) is 15.9 Å². The molecule has 0 fully saturated rings. The maximum atomic E-state index is 11.9. The van der Waals surface area contributed by atoms with Gasteiger partial charge >= 0.3 is 0 Å². The molecule has 0 bridgehead atoms. The van der Waals surface area contributed by atoms with Gasteiger partial charge in [0.25, 0.3) is 10.0 Å². The average molecular weight is 272 g/mol. The number of H-pyrrole nitrogens is 1. The number of benzene rings is 1. The van der Waals surface area contributed by atoms with Gasteiger partial charge in [-0.05, 0) is 17.7 Å². The molecular weight excluding hydrogens is 262 g/mol. The lowest BCUT2D eigenvalue weighted by molar-refractivity contribution is 0.601. The highest BCUT2D eigenvalue weighted by molar-refractivity contribution is 7.92. The molecule has 2 rings (SSSR count). The second-order valence-electron chi connectivity index (χ2n) is 3.37. The molecule has 0 aliphatic carbocycles. The molecule has 2 aromatic rings. The van der Waals surface area contributed by atoms with Crippen molar-refractivity contribution in [3.05, 3.63) is 42.2 Å². The van der Waals surface area contributed by atoms with E-state index in [0.29, 0.717) is 11.6 Å². The summed E-state index contributed by atoms with van der Waals surface area (Å²) in [4.78, 5) is 0.0915. The summed E-state index contributed by atoms with van der Waals surface area (Å²) in [6.07, 6.45) is 2.56. The van der Waals surface area contributed by atoms with Crippen LogP contribution in [0.25, 0.3) is 0 Å². The van der Waals surface area contributed by atoms with Crippen LogP contribution < -0.4 is 4.72 Å². The Labute approximate surface area is 104 Å². The zero-order valence-electron chi connectivity index (χ0n) is 8.72. The van der Waals surface area contributed by atoms with Gasteiger partial charge in [0.2, 0.25) is 0 Å². The Morgan fingerprint density at radius 1 is 1.41 bits per heavy atom. The second-order valence-corrected chi connectivity index (χ2v) is 5.32. The number of hydrogen-bond acceptors (Lipinski definition) is 3. The molecular formula is C10H10ClN3O2S. The number of alkyl halides is 1. The van der Waals surface area contributed by atoms with Gasteiger partial charge in [0.1, 0.15) is 4.90 Å². The Balaban J connectivity index is 2.26. The van der Waals surface area contributed by atoms with Crippen molar-refractivity contribution >= 4 is 27.3 Å². The number of nitrogens with zero attached hydrogens (tertiary/aromatic N) is 1. The Morgan fingerprint density at radius 2 is 2.24 bits per heavy atom. The zero-order valence-corrected chi connectivity index (χ0v) is 10.3. The van der Waals surface area contributed by atoms with Crippen LogP contribution in [0.1, 0.15) is 5.56 Å². The van der Waals surface area contributed by atoms with Crippen LogP contribution in [0.4, 0.5) is 5.69 Å². The van der Waals surface area contributed by atoms with Crippen LogP contribution in [0.2, 0.25) is 0 Å². The minimum absolute atomic E-state index is 0.0915. The Bertz CT molecular complexity index is 596. The summed E-state index contributed by atoms with van der Waals surface area (Å²) in [7, 11) is -3.58. The molecule has 0 radical (unpaired) electrons. The van der Waals surface area contributed by atoms with Gasteiger partial charge in [-0.1, -0.05) is 12.1 Å². The lowest BCUT2D eigenvalue weighted by Gasteiger charge is -2.06. The molecule has 17 heavy (non-hydrogen) atoms. The first kappa shape index (κ1) is 11.9. The van der Waals surface area contributed by atoms with E-state index in [1.54, 1.807) is 18.2 Å². The fourth-order valence-corrected chi connectivity index (χ4v) is 2.44. The van der Waals surface area contributed by atoms with E-state index in [1.807, 2.05) is 6.07 Å². The first-order chi connectivity index (χ1) is 8.12. The molecule has 0 unspecified atom stereocenters. The molecule has 0 spiro atoms. The normalized spacial score (nSPS) is 11.4. The molecule has 7 heteroatoms. The second kappa shape index (κ2) is 4.77. The van der Waals surface area contributed by atoms with E-state index >= 15 is 0 Å². The standard InChI is InChI=1S/C10H10ClN3O2S/c11-5-8-2-1-3-9(4-8)14-17(15,16)10-6-12-13-7-10/h1-4,6-7,14H,5H2,(H,12,13). The first-order valence-corrected chi connectivity index (χ1v) is 6.80. The third-order valence-corrected chi connectivity index (χ3v) is 3.77. The van der Waals surface area contributed by atoms with E-state index in [4.69, 9.17) is 11.6 Å². The molecule has 1 aromatic heterocycles. The van der Waals surface area contributed by atoms with Crippen molar-refractivity contribution in [3.8, 4) is 0 Å².